The highest BCUT2D eigenvalue weighted by Crippen LogP contribution is 2.36. The first-order valence-electron chi connectivity index (χ1n) is 7.37. The van der Waals surface area contributed by atoms with Crippen LogP contribution in [0.3, 0.4) is 0 Å². The fourth-order valence-corrected chi connectivity index (χ4v) is 4.00. The van der Waals surface area contributed by atoms with Gasteiger partial charge in [0.15, 0.2) is 5.96 Å². The van der Waals surface area contributed by atoms with Crippen LogP contribution in [0.4, 0.5) is 0 Å². The van der Waals surface area contributed by atoms with Gasteiger partial charge in [0, 0.05) is 37.1 Å². The second-order valence-electron chi connectivity index (χ2n) is 5.77. The summed E-state index contributed by atoms with van der Waals surface area (Å²) in [6, 6.07) is 0. The summed E-state index contributed by atoms with van der Waals surface area (Å²) in [4.78, 5) is 6.92. The van der Waals surface area contributed by atoms with Gasteiger partial charge in [0.1, 0.15) is 0 Å². The lowest BCUT2D eigenvalue weighted by atomic mass is 9.75. The van der Waals surface area contributed by atoms with Gasteiger partial charge < -0.3 is 15.4 Å². The third kappa shape index (κ3) is 5.26. The van der Waals surface area contributed by atoms with E-state index in [1.807, 2.05) is 11.8 Å². The first kappa shape index (κ1) is 18.4. The highest BCUT2D eigenvalue weighted by atomic mass is 127. The summed E-state index contributed by atoms with van der Waals surface area (Å²) in [5.41, 5.74) is 6.38. The number of thioether (sulfide) groups is 1. The molecule has 0 bridgehead atoms. The Labute approximate surface area is 144 Å². The Hall–Kier alpha value is 0.310. The maximum Gasteiger partial charge on any atom is 0.191 e. The molecule has 1 aliphatic carbocycles. The molecule has 2 aliphatic rings. The molecule has 0 atom stereocenters. The zero-order valence-electron chi connectivity index (χ0n) is 12.5. The standard InChI is InChI=1S/C14H27N3OS.HI/c1-18-12-14(5-3-2-4-6-14)11-16-13(15)17-7-9-19-10-8-17;/h2-12H2,1H3,(H2,15,16);1H. The van der Waals surface area contributed by atoms with Crippen molar-refractivity contribution >= 4 is 41.7 Å². The van der Waals surface area contributed by atoms with Gasteiger partial charge in [-0.25, -0.2) is 0 Å². The molecule has 6 heteroatoms. The molecule has 4 nitrogen and oxygen atoms in total. The van der Waals surface area contributed by atoms with Gasteiger partial charge in [0.2, 0.25) is 0 Å². The van der Waals surface area contributed by atoms with E-state index in [1.54, 1.807) is 7.11 Å². The Morgan fingerprint density at radius 1 is 1.25 bits per heavy atom. The Morgan fingerprint density at radius 3 is 2.50 bits per heavy atom. The van der Waals surface area contributed by atoms with Crippen LogP contribution < -0.4 is 5.73 Å². The lowest BCUT2D eigenvalue weighted by molar-refractivity contribution is 0.0553. The third-order valence-corrected chi connectivity index (χ3v) is 5.22. The summed E-state index contributed by atoms with van der Waals surface area (Å²) in [6.07, 6.45) is 6.42. The Kier molecular flexibility index (Phi) is 8.59. The fraction of sp³-hybridized carbons (Fsp3) is 0.929. The van der Waals surface area contributed by atoms with E-state index in [2.05, 4.69) is 4.90 Å². The summed E-state index contributed by atoms with van der Waals surface area (Å²) < 4.78 is 5.44. The predicted octanol–water partition coefficient (Wildman–Crippen LogP) is 2.56. The van der Waals surface area contributed by atoms with Crippen LogP contribution in [0.15, 0.2) is 4.99 Å². The predicted molar refractivity (Wildman–Crippen MR) is 98.2 cm³/mol. The smallest absolute Gasteiger partial charge is 0.191 e. The first-order valence-corrected chi connectivity index (χ1v) is 8.53. The Bertz CT molecular complexity index is 297. The number of halogens is 1. The van der Waals surface area contributed by atoms with Crippen LogP contribution in [0, 0.1) is 5.41 Å². The molecule has 0 unspecified atom stereocenters. The van der Waals surface area contributed by atoms with E-state index in [0.717, 1.165) is 32.2 Å². The van der Waals surface area contributed by atoms with E-state index < -0.39 is 0 Å². The second kappa shape index (κ2) is 9.35. The van der Waals surface area contributed by atoms with Crippen molar-refractivity contribution in [1.29, 1.82) is 0 Å². The fourth-order valence-electron chi connectivity index (χ4n) is 3.10. The molecule has 2 N–H and O–H groups in total. The molecule has 0 radical (unpaired) electrons. The van der Waals surface area contributed by atoms with Crippen LogP contribution in [-0.2, 0) is 4.74 Å². The van der Waals surface area contributed by atoms with Crippen molar-refractivity contribution < 1.29 is 4.74 Å². The summed E-state index contributed by atoms with van der Waals surface area (Å²) in [6.45, 7) is 3.73. The molecule has 0 aromatic rings. The SMILES string of the molecule is COCC1(CN=C(N)N2CCSCC2)CCCCC1.I. The molecule has 1 saturated carbocycles. The summed E-state index contributed by atoms with van der Waals surface area (Å²) in [5, 5.41) is 0. The first-order chi connectivity index (χ1) is 9.26. The maximum absolute atomic E-state index is 6.15. The molecule has 0 amide bonds. The number of hydrogen-bond acceptors (Lipinski definition) is 3. The van der Waals surface area contributed by atoms with Crippen molar-refractivity contribution in [2.75, 3.05) is 44.9 Å². The summed E-state index contributed by atoms with van der Waals surface area (Å²) in [7, 11) is 1.80. The van der Waals surface area contributed by atoms with E-state index in [1.165, 1.54) is 43.6 Å². The average molecular weight is 413 g/mol. The molecule has 2 fully saturated rings. The van der Waals surface area contributed by atoms with E-state index in [0.29, 0.717) is 0 Å². The molecular formula is C14H28IN3OS. The topological polar surface area (TPSA) is 50.9 Å². The number of rotatable bonds is 4. The largest absolute Gasteiger partial charge is 0.384 e. The zero-order valence-corrected chi connectivity index (χ0v) is 15.6. The number of hydrogen-bond donors (Lipinski definition) is 1. The second-order valence-corrected chi connectivity index (χ2v) is 6.99. The van der Waals surface area contributed by atoms with Crippen molar-refractivity contribution in [2.45, 2.75) is 32.1 Å². The zero-order chi connectivity index (χ0) is 13.6. The normalized spacial score (nSPS) is 23.2. The van der Waals surface area contributed by atoms with Gasteiger partial charge in [0.25, 0.3) is 0 Å². The highest BCUT2D eigenvalue weighted by Gasteiger charge is 2.32. The minimum absolute atomic E-state index is 0. The molecule has 20 heavy (non-hydrogen) atoms. The van der Waals surface area contributed by atoms with Gasteiger partial charge in [-0.05, 0) is 12.8 Å². The number of nitrogens with two attached hydrogens (primary N) is 1. The Morgan fingerprint density at radius 2 is 1.90 bits per heavy atom. The van der Waals surface area contributed by atoms with Crippen molar-refractivity contribution in [2.24, 2.45) is 16.1 Å². The lowest BCUT2D eigenvalue weighted by Crippen LogP contribution is -2.43. The van der Waals surface area contributed by atoms with Crippen LogP contribution in [0.5, 0.6) is 0 Å². The number of methoxy groups -OCH3 is 1. The van der Waals surface area contributed by atoms with Crippen molar-refractivity contribution in [3.63, 3.8) is 0 Å². The number of aliphatic imine (C=N–C) groups is 1. The summed E-state index contributed by atoms with van der Waals surface area (Å²) in [5.74, 6) is 3.07. The van der Waals surface area contributed by atoms with E-state index in [-0.39, 0.29) is 29.4 Å². The molecule has 2 rings (SSSR count). The van der Waals surface area contributed by atoms with Gasteiger partial charge in [-0.15, -0.1) is 24.0 Å². The molecule has 0 aromatic carbocycles. The van der Waals surface area contributed by atoms with E-state index >= 15 is 0 Å². The quantitative estimate of drug-likeness (QED) is 0.437. The van der Waals surface area contributed by atoms with Crippen molar-refractivity contribution in [3.8, 4) is 0 Å². The van der Waals surface area contributed by atoms with Crippen LogP contribution in [0.2, 0.25) is 0 Å². The number of guanidine groups is 1. The van der Waals surface area contributed by atoms with Gasteiger partial charge in [-0.3, -0.25) is 4.99 Å². The van der Waals surface area contributed by atoms with Gasteiger partial charge in [-0.1, -0.05) is 19.3 Å². The van der Waals surface area contributed by atoms with Crippen LogP contribution in [-0.4, -0.2) is 55.7 Å². The molecule has 1 aliphatic heterocycles. The monoisotopic (exact) mass is 413 g/mol. The van der Waals surface area contributed by atoms with Crippen LogP contribution >= 0.6 is 35.7 Å². The van der Waals surface area contributed by atoms with E-state index in [9.17, 15) is 0 Å². The van der Waals surface area contributed by atoms with Crippen LogP contribution in [0.25, 0.3) is 0 Å². The third-order valence-electron chi connectivity index (χ3n) is 4.28. The van der Waals surface area contributed by atoms with Gasteiger partial charge >= 0.3 is 0 Å². The number of ether oxygens (including phenoxy) is 1. The molecule has 0 aromatic heterocycles. The van der Waals surface area contributed by atoms with Crippen molar-refractivity contribution in [3.05, 3.63) is 0 Å². The number of nitrogens with zero attached hydrogens (tertiary/aromatic N) is 2. The highest BCUT2D eigenvalue weighted by molar-refractivity contribution is 14.0. The lowest BCUT2D eigenvalue weighted by Gasteiger charge is -2.36. The van der Waals surface area contributed by atoms with Crippen LogP contribution in [0.1, 0.15) is 32.1 Å². The maximum atomic E-state index is 6.15. The van der Waals surface area contributed by atoms with E-state index in [4.69, 9.17) is 15.5 Å². The molecule has 1 heterocycles. The molecule has 1 saturated heterocycles. The molecular weight excluding hydrogens is 385 g/mol. The molecule has 118 valence electrons. The minimum Gasteiger partial charge on any atom is -0.384 e. The van der Waals surface area contributed by atoms with Crippen molar-refractivity contribution in [1.82, 2.24) is 4.90 Å². The van der Waals surface area contributed by atoms with Gasteiger partial charge in [0.05, 0.1) is 13.2 Å². The van der Waals surface area contributed by atoms with Gasteiger partial charge in [-0.2, -0.15) is 11.8 Å². The Balaban J connectivity index is 0.00000200. The average Bonchev–Trinajstić information content (AvgIpc) is 2.47. The summed E-state index contributed by atoms with van der Waals surface area (Å²) >= 11 is 2.00. The molecule has 0 spiro atoms. The minimum atomic E-state index is 0.